The highest BCUT2D eigenvalue weighted by molar-refractivity contribution is 5.70. The van der Waals surface area contributed by atoms with Gasteiger partial charge in [-0.15, -0.1) is 0 Å². The maximum absolute atomic E-state index is 10.7. The van der Waals surface area contributed by atoms with Gasteiger partial charge in [-0.2, -0.15) is 0 Å². The number of benzene rings is 1. The van der Waals surface area contributed by atoms with E-state index in [4.69, 9.17) is 14.6 Å². The average molecular weight is 381 g/mol. The molecule has 0 unspecified atom stereocenters. The lowest BCUT2D eigenvalue weighted by atomic mass is 10.0. The van der Waals surface area contributed by atoms with Crippen LogP contribution in [0.1, 0.15) is 49.3 Å². The third-order valence-electron chi connectivity index (χ3n) is 4.98. The van der Waals surface area contributed by atoms with Crippen molar-refractivity contribution in [2.24, 2.45) is 0 Å². The molecule has 1 aromatic carbocycles. The summed E-state index contributed by atoms with van der Waals surface area (Å²) in [6, 6.07) is 9.90. The number of carboxylic acid groups (broad SMARTS) is 1. The number of rotatable bonds is 9. The van der Waals surface area contributed by atoms with E-state index in [0.717, 1.165) is 41.7 Å². The first kappa shape index (κ1) is 19.9. The Morgan fingerprint density at radius 3 is 2.71 bits per heavy atom. The van der Waals surface area contributed by atoms with Crippen LogP contribution >= 0.6 is 0 Å². The largest absolute Gasteiger partial charge is 0.489 e. The van der Waals surface area contributed by atoms with Crippen molar-refractivity contribution < 1.29 is 19.4 Å². The molecule has 28 heavy (non-hydrogen) atoms. The molecular weight excluding hydrogens is 354 g/mol. The molecule has 0 aliphatic heterocycles. The van der Waals surface area contributed by atoms with Gasteiger partial charge < -0.3 is 14.6 Å². The lowest BCUT2D eigenvalue weighted by Gasteiger charge is -2.13. The molecule has 0 atom stereocenters. The molecule has 0 saturated carbocycles. The number of nitrogens with zero attached hydrogens (tertiary/aromatic N) is 1. The third kappa shape index (κ3) is 5.12. The van der Waals surface area contributed by atoms with Crippen molar-refractivity contribution in [3.63, 3.8) is 0 Å². The quantitative estimate of drug-likeness (QED) is 0.674. The number of pyridine rings is 1. The summed E-state index contributed by atoms with van der Waals surface area (Å²) < 4.78 is 11.5. The van der Waals surface area contributed by atoms with Crippen molar-refractivity contribution in [3.05, 3.63) is 58.8 Å². The zero-order valence-electron chi connectivity index (χ0n) is 16.5. The van der Waals surface area contributed by atoms with E-state index in [1.807, 2.05) is 44.3 Å². The summed E-state index contributed by atoms with van der Waals surface area (Å²) in [4.78, 5) is 15.1. The van der Waals surface area contributed by atoms with Gasteiger partial charge in [-0.1, -0.05) is 12.1 Å². The first-order valence-corrected chi connectivity index (χ1v) is 9.81. The Hall–Kier alpha value is -2.82. The van der Waals surface area contributed by atoms with Crippen LogP contribution in [0.5, 0.6) is 11.6 Å². The van der Waals surface area contributed by atoms with Gasteiger partial charge in [-0.05, 0) is 79.5 Å². The SMILES string of the molecule is CCOc1ccc(C2=C(COc3ccc(CCC(=O)O)cc3C)CCC2)cn1. The summed E-state index contributed by atoms with van der Waals surface area (Å²) in [5.41, 5.74) is 5.84. The standard InChI is InChI=1S/C23H27NO4/c1-3-27-22-11-9-18(14-24-22)20-6-4-5-19(20)15-28-21-10-7-17(13-16(21)2)8-12-23(25)26/h7,9-11,13-14H,3-6,8,12,15H2,1-2H3,(H,25,26). The maximum Gasteiger partial charge on any atom is 0.303 e. The van der Waals surface area contributed by atoms with E-state index in [2.05, 4.69) is 11.1 Å². The molecule has 5 heteroatoms. The van der Waals surface area contributed by atoms with Crippen molar-refractivity contribution in [1.29, 1.82) is 0 Å². The summed E-state index contributed by atoms with van der Waals surface area (Å²) in [6.45, 7) is 5.13. The average Bonchev–Trinajstić information content (AvgIpc) is 3.15. The molecule has 1 aliphatic carbocycles. The van der Waals surface area contributed by atoms with Gasteiger partial charge in [-0.3, -0.25) is 4.79 Å². The number of aryl methyl sites for hydroxylation is 2. The van der Waals surface area contributed by atoms with Gasteiger partial charge in [0.05, 0.1) is 6.61 Å². The second-order valence-electron chi connectivity index (χ2n) is 7.04. The molecule has 0 bridgehead atoms. The second-order valence-corrected chi connectivity index (χ2v) is 7.04. The number of aromatic nitrogens is 1. The number of carbonyl (C=O) groups is 1. The Labute approximate surface area is 166 Å². The fraction of sp³-hybridized carbons (Fsp3) is 0.391. The monoisotopic (exact) mass is 381 g/mol. The maximum atomic E-state index is 10.7. The molecular formula is C23H27NO4. The Bertz CT molecular complexity index is 855. The molecule has 1 aromatic heterocycles. The van der Waals surface area contributed by atoms with Gasteiger partial charge in [0.15, 0.2) is 0 Å². The highest BCUT2D eigenvalue weighted by Crippen LogP contribution is 2.34. The molecule has 0 saturated heterocycles. The molecule has 0 fully saturated rings. The van der Waals surface area contributed by atoms with Crippen LogP contribution in [0.4, 0.5) is 0 Å². The minimum atomic E-state index is -0.776. The minimum Gasteiger partial charge on any atom is -0.489 e. The van der Waals surface area contributed by atoms with Crippen LogP contribution in [0.2, 0.25) is 0 Å². The highest BCUT2D eigenvalue weighted by Gasteiger charge is 2.17. The number of carboxylic acids is 1. The fourth-order valence-corrected chi connectivity index (χ4v) is 3.55. The van der Waals surface area contributed by atoms with Crippen molar-refractivity contribution >= 4 is 11.5 Å². The predicted octanol–water partition coefficient (Wildman–Crippen LogP) is 4.82. The van der Waals surface area contributed by atoms with Crippen LogP contribution in [0.25, 0.3) is 5.57 Å². The van der Waals surface area contributed by atoms with Crippen LogP contribution in [0.15, 0.2) is 42.1 Å². The Morgan fingerprint density at radius 2 is 2.04 bits per heavy atom. The smallest absolute Gasteiger partial charge is 0.303 e. The van der Waals surface area contributed by atoms with E-state index in [-0.39, 0.29) is 6.42 Å². The summed E-state index contributed by atoms with van der Waals surface area (Å²) in [5, 5.41) is 8.82. The van der Waals surface area contributed by atoms with Crippen molar-refractivity contribution in [3.8, 4) is 11.6 Å². The summed E-state index contributed by atoms with van der Waals surface area (Å²) in [6.07, 6.45) is 5.78. The van der Waals surface area contributed by atoms with Crippen molar-refractivity contribution in [1.82, 2.24) is 4.98 Å². The molecule has 1 heterocycles. The molecule has 1 aliphatic rings. The molecule has 5 nitrogen and oxygen atoms in total. The second kappa shape index (κ2) is 9.40. The number of aliphatic carboxylic acids is 1. The van der Waals surface area contributed by atoms with Gasteiger partial charge in [-0.25, -0.2) is 4.98 Å². The number of ether oxygens (including phenoxy) is 2. The van der Waals surface area contributed by atoms with Crippen LogP contribution in [0, 0.1) is 6.92 Å². The van der Waals surface area contributed by atoms with E-state index in [9.17, 15) is 4.79 Å². The highest BCUT2D eigenvalue weighted by atomic mass is 16.5. The van der Waals surface area contributed by atoms with Crippen LogP contribution in [-0.2, 0) is 11.2 Å². The Balaban J connectivity index is 1.67. The van der Waals surface area contributed by atoms with Gasteiger partial charge in [0.25, 0.3) is 0 Å². The fourth-order valence-electron chi connectivity index (χ4n) is 3.55. The van der Waals surface area contributed by atoms with E-state index in [0.29, 0.717) is 25.5 Å². The summed E-state index contributed by atoms with van der Waals surface area (Å²) in [5.74, 6) is 0.728. The number of hydrogen-bond donors (Lipinski definition) is 1. The van der Waals surface area contributed by atoms with Gasteiger partial charge in [0, 0.05) is 18.7 Å². The molecule has 1 N–H and O–H groups in total. The number of hydrogen-bond acceptors (Lipinski definition) is 4. The van der Waals surface area contributed by atoms with E-state index >= 15 is 0 Å². The third-order valence-corrected chi connectivity index (χ3v) is 4.98. The normalized spacial score (nSPS) is 13.6. The lowest BCUT2D eigenvalue weighted by Crippen LogP contribution is -2.03. The molecule has 148 valence electrons. The van der Waals surface area contributed by atoms with Crippen LogP contribution in [0.3, 0.4) is 0 Å². The molecule has 3 rings (SSSR count). The van der Waals surface area contributed by atoms with E-state index < -0.39 is 5.97 Å². The topological polar surface area (TPSA) is 68.7 Å². The van der Waals surface area contributed by atoms with Gasteiger partial charge in [0.1, 0.15) is 12.4 Å². The Morgan fingerprint density at radius 1 is 1.18 bits per heavy atom. The Kier molecular flexibility index (Phi) is 6.69. The van der Waals surface area contributed by atoms with Crippen LogP contribution < -0.4 is 9.47 Å². The van der Waals surface area contributed by atoms with E-state index in [1.165, 1.54) is 11.1 Å². The number of allylic oxidation sites excluding steroid dienone is 1. The van der Waals surface area contributed by atoms with Gasteiger partial charge >= 0.3 is 5.97 Å². The zero-order chi connectivity index (χ0) is 19.9. The summed E-state index contributed by atoms with van der Waals surface area (Å²) in [7, 11) is 0. The van der Waals surface area contributed by atoms with Gasteiger partial charge in [0.2, 0.25) is 5.88 Å². The van der Waals surface area contributed by atoms with Crippen molar-refractivity contribution in [2.45, 2.75) is 46.0 Å². The zero-order valence-corrected chi connectivity index (χ0v) is 16.5. The van der Waals surface area contributed by atoms with Crippen LogP contribution in [-0.4, -0.2) is 29.3 Å². The predicted molar refractivity (Wildman–Crippen MR) is 109 cm³/mol. The first-order valence-electron chi connectivity index (χ1n) is 9.81. The molecule has 0 spiro atoms. The van der Waals surface area contributed by atoms with E-state index in [1.54, 1.807) is 0 Å². The minimum absolute atomic E-state index is 0.145. The summed E-state index contributed by atoms with van der Waals surface area (Å²) >= 11 is 0. The molecule has 0 radical (unpaired) electrons. The molecule has 2 aromatic rings. The van der Waals surface area contributed by atoms with Crippen molar-refractivity contribution in [2.75, 3.05) is 13.2 Å². The molecule has 0 amide bonds. The lowest BCUT2D eigenvalue weighted by molar-refractivity contribution is -0.136. The first-order chi connectivity index (χ1) is 13.6.